The van der Waals surface area contributed by atoms with Crippen LogP contribution >= 0.6 is 15.9 Å². The number of nitrogens with zero attached hydrogens (tertiary/aromatic N) is 1. The van der Waals surface area contributed by atoms with Gasteiger partial charge in [0.15, 0.2) is 4.67 Å². The highest BCUT2D eigenvalue weighted by Gasteiger charge is 1.96. The number of hydrogen-bond acceptors (Lipinski definition) is 4. The summed E-state index contributed by atoms with van der Waals surface area (Å²) in [5.74, 6) is -0.588. The summed E-state index contributed by atoms with van der Waals surface area (Å²) in [5, 5.41) is 11.6. The second-order valence-corrected chi connectivity index (χ2v) is 2.83. The minimum Gasteiger partial charge on any atom is -0.479 e. The number of rotatable bonds is 4. The molecule has 0 atom stereocenters. The molecule has 1 N–H and O–H groups in total. The first-order valence-corrected chi connectivity index (χ1v) is 4.10. The highest BCUT2D eigenvalue weighted by Crippen LogP contribution is 2.11. The molecule has 0 aliphatic heterocycles. The molecule has 5 nitrogen and oxygen atoms in total. The molecule has 1 aromatic rings. The fourth-order valence-electron chi connectivity index (χ4n) is 0.579. The smallest absolute Gasteiger partial charge is 0.344 e. The lowest BCUT2D eigenvalue weighted by Crippen LogP contribution is -2.03. The number of oxime groups is 1. The van der Waals surface area contributed by atoms with E-state index in [0.29, 0.717) is 10.4 Å². The maximum absolute atomic E-state index is 9.98. The monoisotopic (exact) mass is 247 g/mol. The number of carboxylic acids is 1. The van der Waals surface area contributed by atoms with E-state index in [1.54, 1.807) is 12.1 Å². The Balaban J connectivity index is 2.36. The van der Waals surface area contributed by atoms with Crippen molar-refractivity contribution in [2.45, 2.75) is 0 Å². The van der Waals surface area contributed by atoms with Crippen LogP contribution in [0.25, 0.3) is 0 Å². The first-order valence-electron chi connectivity index (χ1n) is 3.31. The molecule has 0 radical (unpaired) electrons. The Labute approximate surface area is 82.1 Å². The van der Waals surface area contributed by atoms with Gasteiger partial charge in [-0.15, -0.1) is 0 Å². The Bertz CT molecular complexity index is 320. The molecule has 0 saturated carbocycles. The third kappa shape index (κ3) is 3.75. The molecule has 0 fully saturated rings. The number of furan rings is 1. The van der Waals surface area contributed by atoms with Gasteiger partial charge in [-0.2, -0.15) is 0 Å². The van der Waals surface area contributed by atoms with Gasteiger partial charge in [-0.25, -0.2) is 4.79 Å². The van der Waals surface area contributed by atoms with E-state index in [1.807, 2.05) is 0 Å². The van der Waals surface area contributed by atoms with Crippen molar-refractivity contribution in [2.75, 3.05) is 6.61 Å². The third-order valence-electron chi connectivity index (χ3n) is 1.04. The second-order valence-electron chi connectivity index (χ2n) is 2.04. The molecule has 0 amide bonds. The van der Waals surface area contributed by atoms with Crippen LogP contribution in [0, 0.1) is 0 Å². The van der Waals surface area contributed by atoms with E-state index in [1.165, 1.54) is 6.21 Å². The summed E-state index contributed by atoms with van der Waals surface area (Å²) in [6.45, 7) is -0.460. The van der Waals surface area contributed by atoms with E-state index in [4.69, 9.17) is 9.52 Å². The van der Waals surface area contributed by atoms with Crippen LogP contribution in [-0.2, 0) is 9.63 Å². The maximum atomic E-state index is 9.98. The van der Waals surface area contributed by atoms with Crippen molar-refractivity contribution in [1.29, 1.82) is 0 Å². The summed E-state index contributed by atoms with van der Waals surface area (Å²) in [6, 6.07) is 3.36. The van der Waals surface area contributed by atoms with Crippen molar-refractivity contribution in [3.05, 3.63) is 22.6 Å². The standard InChI is InChI=1S/C7H6BrNO4/c8-6-2-1-5(13-6)3-9-12-4-7(10)11/h1-3H,4H2,(H,10,11). The van der Waals surface area contributed by atoms with Gasteiger partial charge < -0.3 is 14.4 Å². The summed E-state index contributed by atoms with van der Waals surface area (Å²) in [5.41, 5.74) is 0. The lowest BCUT2D eigenvalue weighted by molar-refractivity contribution is -0.142. The van der Waals surface area contributed by atoms with Gasteiger partial charge in [0, 0.05) is 0 Å². The Hall–Kier alpha value is -1.30. The topological polar surface area (TPSA) is 72.0 Å². The fourth-order valence-corrected chi connectivity index (χ4v) is 0.898. The molecule has 0 saturated heterocycles. The van der Waals surface area contributed by atoms with Gasteiger partial charge in [0.25, 0.3) is 0 Å². The van der Waals surface area contributed by atoms with Crippen LogP contribution in [0.3, 0.4) is 0 Å². The molecule has 0 aromatic carbocycles. The minimum atomic E-state index is -1.07. The molecule has 0 unspecified atom stereocenters. The summed E-state index contributed by atoms with van der Waals surface area (Å²) >= 11 is 3.10. The van der Waals surface area contributed by atoms with Gasteiger partial charge >= 0.3 is 5.97 Å². The number of aliphatic carboxylic acids is 1. The van der Waals surface area contributed by atoms with E-state index in [2.05, 4.69) is 25.9 Å². The first-order chi connectivity index (χ1) is 6.18. The lowest BCUT2D eigenvalue weighted by atomic mass is 10.5. The van der Waals surface area contributed by atoms with Crippen molar-refractivity contribution >= 4 is 28.1 Å². The number of halogens is 1. The largest absolute Gasteiger partial charge is 0.479 e. The molecule has 70 valence electrons. The zero-order valence-corrected chi connectivity index (χ0v) is 8.02. The van der Waals surface area contributed by atoms with Crippen LogP contribution in [0.5, 0.6) is 0 Å². The van der Waals surface area contributed by atoms with E-state index in [-0.39, 0.29) is 0 Å². The molecule has 1 aromatic heterocycles. The van der Waals surface area contributed by atoms with Crippen LogP contribution in [0.2, 0.25) is 0 Å². The van der Waals surface area contributed by atoms with Crippen molar-refractivity contribution in [2.24, 2.45) is 5.16 Å². The van der Waals surface area contributed by atoms with Crippen molar-refractivity contribution in [3.8, 4) is 0 Å². The van der Waals surface area contributed by atoms with E-state index < -0.39 is 12.6 Å². The second kappa shape index (κ2) is 4.66. The van der Waals surface area contributed by atoms with Crippen molar-refractivity contribution < 1.29 is 19.2 Å². The first kappa shape index (κ1) is 9.79. The predicted octanol–water partition coefficient (Wildman–Crippen LogP) is 1.48. The van der Waals surface area contributed by atoms with Crippen LogP contribution < -0.4 is 0 Å². The summed E-state index contributed by atoms with van der Waals surface area (Å²) in [4.78, 5) is 14.4. The Morgan fingerprint density at radius 3 is 3.08 bits per heavy atom. The van der Waals surface area contributed by atoms with Gasteiger partial charge in [-0.05, 0) is 28.1 Å². The zero-order chi connectivity index (χ0) is 9.68. The van der Waals surface area contributed by atoms with Crippen LogP contribution in [0.4, 0.5) is 0 Å². The summed E-state index contributed by atoms with van der Waals surface area (Å²) in [7, 11) is 0. The molecule has 1 rings (SSSR count). The Kier molecular flexibility index (Phi) is 3.51. The zero-order valence-electron chi connectivity index (χ0n) is 6.44. The summed E-state index contributed by atoms with van der Waals surface area (Å²) in [6.07, 6.45) is 1.29. The molecule has 0 aliphatic carbocycles. The van der Waals surface area contributed by atoms with Crippen LogP contribution in [-0.4, -0.2) is 23.9 Å². The van der Waals surface area contributed by atoms with Gasteiger partial charge in [0.1, 0.15) is 12.0 Å². The van der Waals surface area contributed by atoms with Gasteiger partial charge in [-0.1, -0.05) is 5.16 Å². The highest BCUT2D eigenvalue weighted by molar-refractivity contribution is 9.10. The fraction of sp³-hybridized carbons (Fsp3) is 0.143. The minimum absolute atomic E-state index is 0.460. The van der Waals surface area contributed by atoms with Gasteiger partial charge in [0.2, 0.25) is 6.61 Å². The predicted molar refractivity (Wildman–Crippen MR) is 47.6 cm³/mol. The SMILES string of the molecule is O=C(O)CON=Cc1ccc(Br)o1. The third-order valence-corrected chi connectivity index (χ3v) is 1.46. The highest BCUT2D eigenvalue weighted by atomic mass is 79.9. The maximum Gasteiger partial charge on any atom is 0.344 e. The van der Waals surface area contributed by atoms with Gasteiger partial charge in [-0.3, -0.25) is 0 Å². The van der Waals surface area contributed by atoms with Crippen molar-refractivity contribution in [1.82, 2.24) is 0 Å². The normalized spacial score (nSPS) is 10.5. The molecule has 0 aliphatic rings. The Morgan fingerprint density at radius 1 is 1.77 bits per heavy atom. The molecular formula is C7H6BrNO4. The molecular weight excluding hydrogens is 242 g/mol. The van der Waals surface area contributed by atoms with Crippen LogP contribution in [0.1, 0.15) is 5.76 Å². The molecule has 1 heterocycles. The lowest BCUT2D eigenvalue weighted by Gasteiger charge is -1.90. The molecule has 0 bridgehead atoms. The van der Waals surface area contributed by atoms with E-state index in [0.717, 1.165) is 0 Å². The number of carbonyl (C=O) groups is 1. The molecule has 6 heteroatoms. The van der Waals surface area contributed by atoms with E-state index in [9.17, 15) is 4.79 Å². The van der Waals surface area contributed by atoms with Crippen LogP contribution in [0.15, 0.2) is 26.4 Å². The Morgan fingerprint density at radius 2 is 2.54 bits per heavy atom. The summed E-state index contributed by atoms with van der Waals surface area (Å²) < 4.78 is 5.61. The van der Waals surface area contributed by atoms with Crippen molar-refractivity contribution in [3.63, 3.8) is 0 Å². The quantitative estimate of drug-likeness (QED) is 0.646. The molecule has 0 spiro atoms. The van der Waals surface area contributed by atoms with Gasteiger partial charge in [0.05, 0.1) is 0 Å². The number of hydrogen-bond donors (Lipinski definition) is 1. The molecule has 13 heavy (non-hydrogen) atoms. The average Bonchev–Trinajstić information content (AvgIpc) is 2.45. The average molecular weight is 248 g/mol. The van der Waals surface area contributed by atoms with E-state index >= 15 is 0 Å². The number of carboxylic acid groups (broad SMARTS) is 1.